The second-order valence-corrected chi connectivity index (χ2v) is 6.17. The molecule has 0 aliphatic heterocycles. The molecule has 0 aromatic heterocycles. The first-order chi connectivity index (χ1) is 11.8. The van der Waals surface area contributed by atoms with Crippen LogP contribution in [-0.2, 0) is 9.59 Å². The molecule has 2 atom stereocenters. The van der Waals surface area contributed by atoms with Gasteiger partial charge in [-0.1, -0.05) is 11.6 Å². The zero-order valence-electron chi connectivity index (χ0n) is 13.6. The van der Waals surface area contributed by atoms with Crippen LogP contribution in [0.15, 0.2) is 12.1 Å². The van der Waals surface area contributed by atoms with Gasteiger partial charge in [0.05, 0.1) is 18.1 Å². The molecule has 1 aliphatic rings. The van der Waals surface area contributed by atoms with Gasteiger partial charge < -0.3 is 25.6 Å². The number of ether oxygens (including phenoxy) is 2. The normalized spacial score (nSPS) is 19.3. The summed E-state index contributed by atoms with van der Waals surface area (Å²) < 4.78 is 10.3. The summed E-state index contributed by atoms with van der Waals surface area (Å²) in [6.07, 6.45) is 1.53. The predicted octanol–water partition coefficient (Wildman–Crippen LogP) is 1.20. The van der Waals surface area contributed by atoms with Gasteiger partial charge in [0.2, 0.25) is 0 Å². The lowest BCUT2D eigenvalue weighted by Gasteiger charge is -2.15. The summed E-state index contributed by atoms with van der Waals surface area (Å²) in [4.78, 5) is 34.2. The Labute approximate surface area is 149 Å². The van der Waals surface area contributed by atoms with Crippen molar-refractivity contribution in [3.05, 3.63) is 22.7 Å². The Hall–Kier alpha value is -2.48. The molecule has 136 valence electrons. The standard InChI is InChI=1S/C16H19ClN2O6/c1-24-12-6-9(5-11(17)14(12)25-7-13(18)20)15(21)19-10-3-2-8(4-10)16(22)23/h5-6,8,10H,2-4,7H2,1H3,(H2,18,20)(H,19,21)(H,22,23)/t8-,10+/m1/s1. The van der Waals surface area contributed by atoms with E-state index in [1.165, 1.54) is 19.2 Å². The van der Waals surface area contributed by atoms with E-state index in [0.717, 1.165) is 0 Å². The molecule has 0 bridgehead atoms. The van der Waals surface area contributed by atoms with Gasteiger partial charge in [0, 0.05) is 11.6 Å². The summed E-state index contributed by atoms with van der Waals surface area (Å²) in [6.45, 7) is -0.375. The van der Waals surface area contributed by atoms with Crippen molar-refractivity contribution in [3.8, 4) is 11.5 Å². The first kappa shape index (κ1) is 18.9. The molecule has 0 radical (unpaired) electrons. The Kier molecular flexibility index (Phi) is 6.08. The van der Waals surface area contributed by atoms with Crippen LogP contribution in [-0.4, -0.2) is 42.6 Å². The number of primary amides is 1. The van der Waals surface area contributed by atoms with Crippen molar-refractivity contribution in [1.29, 1.82) is 0 Å². The van der Waals surface area contributed by atoms with Crippen molar-refractivity contribution in [2.75, 3.05) is 13.7 Å². The molecule has 2 amide bonds. The number of amides is 2. The van der Waals surface area contributed by atoms with Crippen molar-refractivity contribution < 1.29 is 29.0 Å². The molecule has 9 heteroatoms. The van der Waals surface area contributed by atoms with E-state index in [4.69, 9.17) is 31.9 Å². The molecule has 1 saturated carbocycles. The number of carboxylic acid groups (broad SMARTS) is 1. The van der Waals surface area contributed by atoms with Gasteiger partial charge in [0.15, 0.2) is 18.1 Å². The molecule has 1 aromatic carbocycles. The average Bonchev–Trinajstić information content (AvgIpc) is 3.01. The molecule has 4 N–H and O–H groups in total. The van der Waals surface area contributed by atoms with E-state index < -0.39 is 23.7 Å². The van der Waals surface area contributed by atoms with E-state index in [2.05, 4.69) is 5.32 Å². The smallest absolute Gasteiger partial charge is 0.306 e. The van der Waals surface area contributed by atoms with E-state index >= 15 is 0 Å². The summed E-state index contributed by atoms with van der Waals surface area (Å²) >= 11 is 6.11. The van der Waals surface area contributed by atoms with Gasteiger partial charge in [-0.05, 0) is 31.4 Å². The number of benzene rings is 1. The van der Waals surface area contributed by atoms with Crippen LogP contribution in [0.5, 0.6) is 11.5 Å². The molecule has 8 nitrogen and oxygen atoms in total. The van der Waals surface area contributed by atoms with E-state index in [1.807, 2.05) is 0 Å². The number of hydrogen-bond donors (Lipinski definition) is 3. The highest BCUT2D eigenvalue weighted by atomic mass is 35.5. The molecule has 0 heterocycles. The Bertz CT molecular complexity index is 693. The fourth-order valence-electron chi connectivity index (χ4n) is 2.74. The minimum atomic E-state index is -0.850. The first-order valence-electron chi connectivity index (χ1n) is 7.64. The van der Waals surface area contributed by atoms with Gasteiger partial charge in [0.25, 0.3) is 11.8 Å². The number of methoxy groups -OCH3 is 1. The van der Waals surface area contributed by atoms with Crippen molar-refractivity contribution in [2.24, 2.45) is 11.7 Å². The van der Waals surface area contributed by atoms with Crippen LogP contribution in [0.2, 0.25) is 5.02 Å². The highest BCUT2D eigenvalue weighted by Gasteiger charge is 2.31. The largest absolute Gasteiger partial charge is 0.493 e. The summed E-state index contributed by atoms with van der Waals surface area (Å²) in [6, 6.07) is 2.62. The van der Waals surface area contributed by atoms with Gasteiger partial charge in [0.1, 0.15) is 0 Å². The Morgan fingerprint density at radius 3 is 2.64 bits per heavy atom. The van der Waals surface area contributed by atoms with Crippen LogP contribution >= 0.6 is 11.6 Å². The third kappa shape index (κ3) is 4.76. The second kappa shape index (κ2) is 8.06. The maximum atomic E-state index is 12.4. The monoisotopic (exact) mass is 370 g/mol. The van der Waals surface area contributed by atoms with Crippen LogP contribution in [0.1, 0.15) is 29.6 Å². The predicted molar refractivity (Wildman–Crippen MR) is 88.9 cm³/mol. The number of carbonyl (C=O) groups excluding carboxylic acids is 2. The Morgan fingerprint density at radius 1 is 1.36 bits per heavy atom. The summed E-state index contributed by atoms with van der Waals surface area (Å²) in [5, 5.41) is 11.9. The summed E-state index contributed by atoms with van der Waals surface area (Å²) in [5.74, 6) is -2.04. The highest BCUT2D eigenvalue weighted by molar-refractivity contribution is 6.32. The van der Waals surface area contributed by atoms with Crippen molar-refractivity contribution in [3.63, 3.8) is 0 Å². The number of aliphatic carboxylic acids is 1. The topological polar surface area (TPSA) is 128 Å². The van der Waals surface area contributed by atoms with Gasteiger partial charge in [-0.2, -0.15) is 0 Å². The van der Waals surface area contributed by atoms with Crippen LogP contribution in [0.3, 0.4) is 0 Å². The van der Waals surface area contributed by atoms with Crippen LogP contribution in [0.25, 0.3) is 0 Å². The quantitative estimate of drug-likeness (QED) is 0.661. The van der Waals surface area contributed by atoms with Crippen molar-refractivity contribution in [2.45, 2.75) is 25.3 Å². The van der Waals surface area contributed by atoms with Crippen LogP contribution < -0.4 is 20.5 Å². The van der Waals surface area contributed by atoms with E-state index in [-0.39, 0.29) is 34.7 Å². The minimum Gasteiger partial charge on any atom is -0.493 e. The number of carbonyl (C=O) groups is 3. The molecule has 0 unspecified atom stereocenters. The lowest BCUT2D eigenvalue weighted by Crippen LogP contribution is -2.33. The van der Waals surface area contributed by atoms with Gasteiger partial charge >= 0.3 is 5.97 Å². The number of halogens is 1. The fraction of sp³-hybridized carbons (Fsp3) is 0.438. The van der Waals surface area contributed by atoms with Crippen molar-refractivity contribution in [1.82, 2.24) is 5.32 Å². The molecule has 1 aromatic rings. The average molecular weight is 371 g/mol. The SMILES string of the molecule is COc1cc(C(=O)N[C@H]2CC[C@@H](C(=O)O)C2)cc(Cl)c1OCC(N)=O. The zero-order chi connectivity index (χ0) is 18.6. The Morgan fingerprint density at radius 2 is 2.08 bits per heavy atom. The molecule has 25 heavy (non-hydrogen) atoms. The fourth-order valence-corrected chi connectivity index (χ4v) is 3.01. The molecule has 1 aliphatic carbocycles. The van der Waals surface area contributed by atoms with E-state index in [9.17, 15) is 14.4 Å². The van der Waals surface area contributed by atoms with Gasteiger partial charge in [-0.25, -0.2) is 0 Å². The lowest BCUT2D eigenvalue weighted by atomic mass is 10.1. The lowest BCUT2D eigenvalue weighted by molar-refractivity contribution is -0.141. The third-order valence-corrected chi connectivity index (χ3v) is 4.25. The molecular formula is C16H19ClN2O6. The number of nitrogens with two attached hydrogens (primary N) is 1. The second-order valence-electron chi connectivity index (χ2n) is 5.76. The first-order valence-corrected chi connectivity index (χ1v) is 8.02. The Balaban J connectivity index is 2.11. The van der Waals surface area contributed by atoms with Gasteiger partial charge in [-0.3, -0.25) is 14.4 Å². The molecule has 0 saturated heterocycles. The maximum absolute atomic E-state index is 12.4. The van der Waals surface area contributed by atoms with Crippen LogP contribution in [0.4, 0.5) is 0 Å². The summed E-state index contributed by atoms with van der Waals surface area (Å²) in [5.41, 5.74) is 5.27. The highest BCUT2D eigenvalue weighted by Crippen LogP contribution is 2.36. The van der Waals surface area contributed by atoms with E-state index in [0.29, 0.717) is 19.3 Å². The number of hydrogen-bond acceptors (Lipinski definition) is 5. The third-order valence-electron chi connectivity index (χ3n) is 3.97. The molecule has 1 fully saturated rings. The van der Waals surface area contributed by atoms with Crippen LogP contribution in [0, 0.1) is 5.92 Å². The number of carboxylic acids is 1. The van der Waals surface area contributed by atoms with Crippen molar-refractivity contribution >= 4 is 29.4 Å². The minimum absolute atomic E-state index is 0.0978. The van der Waals surface area contributed by atoms with Gasteiger partial charge in [-0.15, -0.1) is 0 Å². The summed E-state index contributed by atoms with van der Waals surface area (Å²) in [7, 11) is 1.37. The number of rotatable bonds is 7. The van der Waals surface area contributed by atoms with E-state index in [1.54, 1.807) is 0 Å². The zero-order valence-corrected chi connectivity index (χ0v) is 14.3. The molecular weight excluding hydrogens is 352 g/mol. The number of nitrogens with one attached hydrogen (secondary N) is 1. The molecule has 0 spiro atoms. The maximum Gasteiger partial charge on any atom is 0.306 e. The molecule has 2 rings (SSSR count).